The second-order valence-corrected chi connectivity index (χ2v) is 10.2. The van der Waals surface area contributed by atoms with Crippen LogP contribution in [0.4, 0.5) is 0 Å². The normalized spacial score (nSPS) is 40.5. The molecule has 1 aliphatic carbocycles. The van der Waals surface area contributed by atoms with Crippen LogP contribution in [0.2, 0.25) is 0 Å². The van der Waals surface area contributed by atoms with E-state index in [4.69, 9.17) is 4.74 Å². The highest BCUT2D eigenvalue weighted by molar-refractivity contribution is 5.88. The van der Waals surface area contributed by atoms with Gasteiger partial charge in [0.1, 0.15) is 5.72 Å². The standard InChI is InChI=1S/C20H36N2O2/c1-8-22-16(23)19(12-17(4,5)21-18(6,7)13-19)24-20(22)10-14(2)9-15(3)11-20/h14-15,21H,8-13H2,1-7H3. The summed E-state index contributed by atoms with van der Waals surface area (Å²) in [7, 11) is 0. The Morgan fingerprint density at radius 2 is 1.58 bits per heavy atom. The van der Waals surface area contributed by atoms with E-state index in [2.05, 4.69) is 58.7 Å². The molecule has 2 unspecified atom stereocenters. The monoisotopic (exact) mass is 336 g/mol. The molecule has 1 amide bonds. The van der Waals surface area contributed by atoms with Gasteiger partial charge in [-0.1, -0.05) is 13.8 Å². The van der Waals surface area contributed by atoms with E-state index in [1.54, 1.807) is 0 Å². The van der Waals surface area contributed by atoms with E-state index in [1.165, 1.54) is 6.42 Å². The number of carbonyl (C=O) groups excluding carboxylic acids is 1. The molecule has 2 saturated heterocycles. The van der Waals surface area contributed by atoms with Crippen LogP contribution >= 0.6 is 0 Å². The van der Waals surface area contributed by atoms with Gasteiger partial charge >= 0.3 is 0 Å². The van der Waals surface area contributed by atoms with Gasteiger partial charge in [-0.25, -0.2) is 0 Å². The van der Waals surface area contributed by atoms with Gasteiger partial charge in [-0.2, -0.15) is 0 Å². The number of nitrogens with zero attached hydrogens (tertiary/aromatic N) is 1. The molecule has 3 fully saturated rings. The van der Waals surface area contributed by atoms with E-state index < -0.39 is 5.60 Å². The first-order valence-corrected chi connectivity index (χ1v) is 9.74. The zero-order chi connectivity index (χ0) is 18.0. The topological polar surface area (TPSA) is 41.6 Å². The number of hydrogen-bond acceptors (Lipinski definition) is 3. The lowest BCUT2D eigenvalue weighted by molar-refractivity contribution is -0.193. The van der Waals surface area contributed by atoms with Gasteiger partial charge in [-0.3, -0.25) is 4.79 Å². The zero-order valence-electron chi connectivity index (χ0n) is 16.7. The van der Waals surface area contributed by atoms with E-state index in [-0.39, 0.29) is 22.7 Å². The molecule has 0 radical (unpaired) electrons. The zero-order valence-corrected chi connectivity index (χ0v) is 16.7. The summed E-state index contributed by atoms with van der Waals surface area (Å²) in [6.07, 6.45) is 4.70. The van der Waals surface area contributed by atoms with Crippen molar-refractivity contribution in [3.05, 3.63) is 0 Å². The van der Waals surface area contributed by atoms with Crippen molar-refractivity contribution >= 4 is 5.91 Å². The van der Waals surface area contributed by atoms with Gasteiger partial charge in [0.25, 0.3) is 5.91 Å². The molecule has 3 rings (SSSR count). The quantitative estimate of drug-likeness (QED) is 0.794. The molecule has 2 atom stereocenters. The lowest BCUT2D eigenvalue weighted by Crippen LogP contribution is -2.65. The summed E-state index contributed by atoms with van der Waals surface area (Å²) < 4.78 is 6.88. The number of nitrogens with one attached hydrogen (secondary N) is 1. The molecule has 0 aromatic carbocycles. The van der Waals surface area contributed by atoms with Crippen molar-refractivity contribution in [2.45, 2.75) is 103 Å². The molecule has 2 spiro atoms. The van der Waals surface area contributed by atoms with Crippen LogP contribution in [0.5, 0.6) is 0 Å². The minimum Gasteiger partial charge on any atom is -0.339 e. The van der Waals surface area contributed by atoms with Crippen LogP contribution in [0.3, 0.4) is 0 Å². The largest absolute Gasteiger partial charge is 0.339 e. The Kier molecular flexibility index (Phi) is 4.12. The summed E-state index contributed by atoms with van der Waals surface area (Å²) in [6.45, 7) is 16.2. The maximum atomic E-state index is 13.5. The molecule has 2 heterocycles. The minimum absolute atomic E-state index is 0.103. The second-order valence-electron chi connectivity index (χ2n) is 10.2. The minimum atomic E-state index is -0.662. The smallest absolute Gasteiger partial charge is 0.257 e. The van der Waals surface area contributed by atoms with Crippen molar-refractivity contribution in [1.82, 2.24) is 10.2 Å². The lowest BCUT2D eigenvalue weighted by atomic mass is 9.72. The van der Waals surface area contributed by atoms with Crippen molar-refractivity contribution in [3.63, 3.8) is 0 Å². The molecule has 1 saturated carbocycles. The summed E-state index contributed by atoms with van der Waals surface area (Å²) in [6, 6.07) is 0. The number of hydrogen-bond donors (Lipinski definition) is 1. The Hall–Kier alpha value is -0.610. The molecule has 138 valence electrons. The molecule has 4 nitrogen and oxygen atoms in total. The number of carbonyl (C=O) groups is 1. The van der Waals surface area contributed by atoms with Crippen LogP contribution < -0.4 is 5.32 Å². The van der Waals surface area contributed by atoms with E-state index in [0.29, 0.717) is 11.8 Å². The molecular formula is C20H36N2O2. The maximum Gasteiger partial charge on any atom is 0.257 e. The van der Waals surface area contributed by atoms with Crippen LogP contribution in [0.25, 0.3) is 0 Å². The molecule has 1 N–H and O–H groups in total. The molecule has 0 aromatic heterocycles. The van der Waals surface area contributed by atoms with E-state index in [9.17, 15) is 4.79 Å². The van der Waals surface area contributed by atoms with Gasteiger partial charge in [0.2, 0.25) is 0 Å². The number of piperidine rings is 1. The Balaban J connectivity index is 2.01. The molecule has 24 heavy (non-hydrogen) atoms. The first-order valence-electron chi connectivity index (χ1n) is 9.74. The van der Waals surface area contributed by atoms with E-state index >= 15 is 0 Å². The van der Waals surface area contributed by atoms with E-state index in [0.717, 1.165) is 32.2 Å². The number of likely N-dealkylation sites (N-methyl/N-ethyl adjacent to an activating group) is 1. The SMILES string of the molecule is CCN1C(=O)C2(CC(C)(C)NC(C)(C)C2)OC12CC(C)CC(C)C2. The van der Waals surface area contributed by atoms with Crippen LogP contribution in [-0.2, 0) is 9.53 Å². The van der Waals surface area contributed by atoms with Crippen LogP contribution in [-0.4, -0.2) is 39.8 Å². The molecule has 0 bridgehead atoms. The van der Waals surface area contributed by atoms with Gasteiger partial charge in [0.15, 0.2) is 5.60 Å². The average Bonchev–Trinajstić information content (AvgIpc) is 2.51. The summed E-state index contributed by atoms with van der Waals surface area (Å²) >= 11 is 0. The van der Waals surface area contributed by atoms with Crippen molar-refractivity contribution in [2.24, 2.45) is 11.8 Å². The third kappa shape index (κ3) is 2.90. The third-order valence-corrected chi connectivity index (χ3v) is 6.10. The predicted octanol–water partition coefficient (Wildman–Crippen LogP) is 3.70. The summed E-state index contributed by atoms with van der Waals surface area (Å²) in [5.41, 5.74) is -1.25. The Labute approximate surface area is 147 Å². The molecule has 4 heteroatoms. The third-order valence-electron chi connectivity index (χ3n) is 6.10. The van der Waals surface area contributed by atoms with Gasteiger partial charge in [-0.15, -0.1) is 0 Å². The van der Waals surface area contributed by atoms with Gasteiger partial charge in [-0.05, 0) is 65.7 Å². The van der Waals surface area contributed by atoms with Gasteiger partial charge in [0, 0.05) is 30.5 Å². The first-order chi connectivity index (χ1) is 10.9. The number of amides is 1. The Morgan fingerprint density at radius 3 is 2.04 bits per heavy atom. The van der Waals surface area contributed by atoms with Gasteiger partial charge in [0.05, 0.1) is 0 Å². The fourth-order valence-corrected chi connectivity index (χ4v) is 6.37. The van der Waals surface area contributed by atoms with Crippen molar-refractivity contribution in [2.75, 3.05) is 6.54 Å². The van der Waals surface area contributed by atoms with Crippen molar-refractivity contribution in [3.8, 4) is 0 Å². The Morgan fingerprint density at radius 1 is 1.08 bits per heavy atom. The molecule has 0 aromatic rings. The van der Waals surface area contributed by atoms with Crippen LogP contribution in [0.1, 0.15) is 80.6 Å². The number of ether oxygens (including phenoxy) is 1. The average molecular weight is 337 g/mol. The fourth-order valence-electron chi connectivity index (χ4n) is 6.37. The van der Waals surface area contributed by atoms with Crippen LogP contribution in [0, 0.1) is 11.8 Å². The fraction of sp³-hybridized carbons (Fsp3) is 0.950. The highest BCUT2D eigenvalue weighted by Gasteiger charge is 2.65. The molecule has 3 aliphatic rings. The maximum absolute atomic E-state index is 13.5. The number of rotatable bonds is 1. The Bertz CT molecular complexity index is 500. The lowest BCUT2D eigenvalue weighted by Gasteiger charge is -2.50. The highest BCUT2D eigenvalue weighted by atomic mass is 16.6. The van der Waals surface area contributed by atoms with Crippen molar-refractivity contribution in [1.29, 1.82) is 0 Å². The highest BCUT2D eigenvalue weighted by Crippen LogP contribution is 2.53. The van der Waals surface area contributed by atoms with Gasteiger partial charge < -0.3 is 15.0 Å². The predicted molar refractivity (Wildman–Crippen MR) is 96.6 cm³/mol. The second kappa shape index (κ2) is 5.44. The summed E-state index contributed by atoms with van der Waals surface area (Å²) in [4.78, 5) is 15.6. The summed E-state index contributed by atoms with van der Waals surface area (Å²) in [5.74, 6) is 1.44. The molecular weight excluding hydrogens is 300 g/mol. The molecule has 2 aliphatic heterocycles. The van der Waals surface area contributed by atoms with Crippen LogP contribution in [0.15, 0.2) is 0 Å². The first kappa shape index (κ1) is 18.2. The summed E-state index contributed by atoms with van der Waals surface area (Å²) in [5, 5.41) is 3.69. The van der Waals surface area contributed by atoms with E-state index in [1.807, 2.05) is 0 Å². The van der Waals surface area contributed by atoms with Crippen molar-refractivity contribution < 1.29 is 9.53 Å².